The zero-order chi connectivity index (χ0) is 25.9. The molecule has 4 heterocycles. The minimum atomic E-state index is -1.60. The summed E-state index contributed by atoms with van der Waals surface area (Å²) in [6, 6.07) is 9.65. The summed E-state index contributed by atoms with van der Waals surface area (Å²) < 4.78 is 38.5. The van der Waals surface area contributed by atoms with Gasteiger partial charge in [0.2, 0.25) is 0 Å². The van der Waals surface area contributed by atoms with Crippen molar-refractivity contribution in [2.75, 3.05) is 6.61 Å². The van der Waals surface area contributed by atoms with Gasteiger partial charge < -0.3 is 28.4 Å². The number of aromatic amines is 1. The highest BCUT2D eigenvalue weighted by molar-refractivity contribution is 5.89. The lowest BCUT2D eigenvalue weighted by molar-refractivity contribution is -0.334. The molecule has 1 aromatic heterocycles. The summed E-state index contributed by atoms with van der Waals surface area (Å²) in [5.41, 5.74) is -2.60. The Labute approximate surface area is 207 Å². The van der Waals surface area contributed by atoms with Gasteiger partial charge in [-0.15, -0.1) is 0 Å². The van der Waals surface area contributed by atoms with Crippen LogP contribution in [-0.2, 0) is 28.4 Å². The summed E-state index contributed by atoms with van der Waals surface area (Å²) in [5, 5.41) is 0. The van der Waals surface area contributed by atoms with Gasteiger partial charge in [-0.1, -0.05) is 18.2 Å². The predicted octanol–water partition coefficient (Wildman–Crippen LogP) is 1.72. The maximum absolute atomic E-state index is 13.3. The number of hydrogen-bond donors (Lipinski definition) is 1. The van der Waals surface area contributed by atoms with Crippen LogP contribution in [0.3, 0.4) is 0 Å². The highest BCUT2D eigenvalue weighted by Crippen LogP contribution is 2.48. The Balaban J connectivity index is 1.66. The molecule has 2 aromatic rings. The molecule has 11 heteroatoms. The molecule has 0 radical (unpaired) electrons. The van der Waals surface area contributed by atoms with Gasteiger partial charge in [-0.2, -0.15) is 0 Å². The first-order chi connectivity index (χ1) is 16.9. The van der Waals surface area contributed by atoms with Crippen molar-refractivity contribution >= 4 is 5.97 Å². The van der Waals surface area contributed by atoms with Crippen LogP contribution in [-0.4, -0.2) is 63.7 Å². The standard InChI is InChI=1S/C25H30N2O9/c1-23(2)31-13-15-17(33-23)18-19(35-24(3,4)34-18)25(5,36-20(29)14-9-7-6-8-10-14)21(32-15)27-12-11-16(28)26-22(27)30/h6-12,15,17-19,21H,13H2,1-5H3,(H,26,28,30)/t15?,17-,18?,19?,21-,25-/m1/s1. The lowest BCUT2D eigenvalue weighted by Crippen LogP contribution is -2.58. The van der Waals surface area contributed by atoms with Crippen LogP contribution in [0.25, 0.3) is 0 Å². The van der Waals surface area contributed by atoms with Gasteiger partial charge in [0.25, 0.3) is 5.56 Å². The van der Waals surface area contributed by atoms with Crippen LogP contribution >= 0.6 is 0 Å². The summed E-state index contributed by atoms with van der Waals surface area (Å²) in [4.78, 5) is 40.3. The maximum atomic E-state index is 13.3. The molecule has 3 aliphatic heterocycles. The van der Waals surface area contributed by atoms with E-state index in [1.54, 1.807) is 65.0 Å². The van der Waals surface area contributed by atoms with Crippen molar-refractivity contribution in [3.63, 3.8) is 0 Å². The molecule has 0 bridgehead atoms. The second-order valence-electron chi connectivity index (χ2n) is 10.3. The molecule has 0 aliphatic carbocycles. The number of rotatable bonds is 3. The first-order valence-electron chi connectivity index (χ1n) is 11.8. The zero-order valence-electron chi connectivity index (χ0n) is 20.8. The topological polar surface area (TPSA) is 127 Å². The second-order valence-corrected chi connectivity index (χ2v) is 10.3. The number of fused-ring (bicyclic) bond motifs is 3. The van der Waals surface area contributed by atoms with E-state index in [1.807, 2.05) is 0 Å². The van der Waals surface area contributed by atoms with Gasteiger partial charge in [-0.3, -0.25) is 14.3 Å². The van der Waals surface area contributed by atoms with Crippen LogP contribution in [0.1, 0.15) is 51.2 Å². The Kier molecular flexibility index (Phi) is 5.96. The zero-order valence-corrected chi connectivity index (χ0v) is 20.8. The molecule has 3 aliphatic rings. The molecule has 0 spiro atoms. The molecule has 3 fully saturated rings. The largest absolute Gasteiger partial charge is 0.448 e. The smallest absolute Gasteiger partial charge is 0.338 e. The van der Waals surface area contributed by atoms with Crippen molar-refractivity contribution in [1.29, 1.82) is 0 Å². The Hall–Kier alpha value is -2.83. The van der Waals surface area contributed by atoms with E-state index in [4.69, 9.17) is 28.4 Å². The van der Waals surface area contributed by atoms with E-state index in [9.17, 15) is 14.4 Å². The number of nitrogens with one attached hydrogen (secondary N) is 1. The van der Waals surface area contributed by atoms with Gasteiger partial charge in [-0.25, -0.2) is 9.59 Å². The van der Waals surface area contributed by atoms with E-state index in [0.717, 1.165) is 0 Å². The molecule has 194 valence electrons. The van der Waals surface area contributed by atoms with Crippen LogP contribution in [0.2, 0.25) is 0 Å². The van der Waals surface area contributed by atoms with Crippen molar-refractivity contribution in [2.24, 2.45) is 0 Å². The molecule has 6 atom stereocenters. The predicted molar refractivity (Wildman–Crippen MR) is 124 cm³/mol. The average molecular weight is 503 g/mol. The molecule has 0 amide bonds. The first kappa shape index (κ1) is 24.8. The second kappa shape index (κ2) is 8.63. The van der Waals surface area contributed by atoms with Gasteiger partial charge in [0.05, 0.1) is 12.2 Å². The van der Waals surface area contributed by atoms with Crippen LogP contribution in [0.5, 0.6) is 0 Å². The van der Waals surface area contributed by atoms with Crippen molar-refractivity contribution in [3.8, 4) is 0 Å². The molecule has 0 saturated carbocycles. The molecule has 5 rings (SSSR count). The fraction of sp³-hybridized carbons (Fsp3) is 0.560. The van der Waals surface area contributed by atoms with Gasteiger partial charge in [0, 0.05) is 12.3 Å². The van der Waals surface area contributed by atoms with E-state index < -0.39 is 65.0 Å². The van der Waals surface area contributed by atoms with E-state index in [2.05, 4.69) is 4.98 Å². The molecule has 3 saturated heterocycles. The fourth-order valence-electron chi connectivity index (χ4n) is 5.02. The highest BCUT2D eigenvalue weighted by Gasteiger charge is 2.65. The number of carbonyl (C=O) groups is 1. The number of esters is 1. The SMILES string of the molecule is CC1(C)OC2C(O1)[C@@](C)(OC(=O)c1ccccc1)[C@H](n1ccc(=O)[nH]c1=O)OC1COC(C)(C)O[C@H]12. The Morgan fingerprint density at radius 3 is 2.36 bits per heavy atom. The number of H-pyrrole nitrogens is 1. The van der Waals surface area contributed by atoms with Gasteiger partial charge in [-0.05, 0) is 46.8 Å². The van der Waals surface area contributed by atoms with E-state index in [-0.39, 0.29) is 6.61 Å². The van der Waals surface area contributed by atoms with E-state index >= 15 is 0 Å². The first-order valence-corrected chi connectivity index (χ1v) is 11.8. The Morgan fingerprint density at radius 1 is 0.972 bits per heavy atom. The quantitative estimate of drug-likeness (QED) is 0.624. The summed E-state index contributed by atoms with van der Waals surface area (Å²) in [6.45, 7) is 8.82. The van der Waals surface area contributed by atoms with Gasteiger partial charge in [0.15, 0.2) is 23.4 Å². The van der Waals surface area contributed by atoms with Gasteiger partial charge in [0.1, 0.15) is 24.4 Å². The highest BCUT2D eigenvalue weighted by atomic mass is 16.8. The summed E-state index contributed by atoms with van der Waals surface area (Å²) in [5.74, 6) is -2.63. The summed E-state index contributed by atoms with van der Waals surface area (Å²) >= 11 is 0. The molecule has 11 nitrogen and oxygen atoms in total. The van der Waals surface area contributed by atoms with Crippen LogP contribution in [0.15, 0.2) is 52.2 Å². The minimum absolute atomic E-state index is 0.127. The number of carbonyl (C=O) groups excluding carboxylic acids is 1. The molecule has 1 N–H and O–H groups in total. The molecule has 36 heavy (non-hydrogen) atoms. The van der Waals surface area contributed by atoms with Crippen molar-refractivity contribution in [3.05, 3.63) is 69.0 Å². The Bertz CT molecular complexity index is 1250. The van der Waals surface area contributed by atoms with Crippen molar-refractivity contribution in [2.45, 2.75) is 82.4 Å². The molecule has 1 aromatic carbocycles. The lowest BCUT2D eigenvalue weighted by atomic mass is 9.89. The van der Waals surface area contributed by atoms with E-state index in [1.165, 1.54) is 16.8 Å². The molecular formula is C25H30N2O9. The van der Waals surface area contributed by atoms with Crippen molar-refractivity contribution in [1.82, 2.24) is 9.55 Å². The number of hydrogen-bond acceptors (Lipinski definition) is 9. The monoisotopic (exact) mass is 502 g/mol. The molecular weight excluding hydrogens is 472 g/mol. The molecule has 3 unspecified atom stereocenters. The lowest BCUT2D eigenvalue weighted by Gasteiger charge is -2.42. The number of benzene rings is 1. The fourth-order valence-corrected chi connectivity index (χ4v) is 5.02. The summed E-state index contributed by atoms with van der Waals surface area (Å²) in [6.07, 6.45) is -2.94. The number of ether oxygens (including phenoxy) is 6. The van der Waals surface area contributed by atoms with Crippen LogP contribution in [0.4, 0.5) is 0 Å². The van der Waals surface area contributed by atoms with E-state index in [0.29, 0.717) is 5.56 Å². The van der Waals surface area contributed by atoms with Gasteiger partial charge >= 0.3 is 11.7 Å². The van der Waals surface area contributed by atoms with Crippen LogP contribution < -0.4 is 11.2 Å². The average Bonchev–Trinajstić information content (AvgIpc) is 3.11. The maximum Gasteiger partial charge on any atom is 0.338 e. The third-order valence-electron chi connectivity index (χ3n) is 6.62. The third-order valence-corrected chi connectivity index (χ3v) is 6.62. The van der Waals surface area contributed by atoms with Crippen LogP contribution in [0, 0.1) is 0 Å². The summed E-state index contributed by atoms with van der Waals surface area (Å²) in [7, 11) is 0. The Morgan fingerprint density at radius 2 is 1.67 bits per heavy atom. The minimum Gasteiger partial charge on any atom is -0.448 e. The number of aromatic nitrogens is 2. The number of nitrogens with zero attached hydrogens (tertiary/aromatic N) is 1. The van der Waals surface area contributed by atoms with Crippen molar-refractivity contribution < 1.29 is 33.2 Å². The normalized spacial score (nSPS) is 34.8. The third kappa shape index (κ3) is 4.41.